The molecule has 3 nitrogen and oxygen atoms in total. The van der Waals surface area contributed by atoms with Gasteiger partial charge in [-0.2, -0.15) is 13.2 Å². The summed E-state index contributed by atoms with van der Waals surface area (Å²) in [6.07, 6.45) is 0.443. The number of quaternary nitrogens is 1. The number of benzene rings is 2. The largest absolute Gasteiger partial charge is 0.416 e. The second-order valence-corrected chi connectivity index (χ2v) is 9.59. The zero-order chi connectivity index (χ0) is 23.2. The Bertz CT molecular complexity index is 1170. The molecule has 1 unspecified atom stereocenters. The SMILES string of the molecule is C=C[C@H]1C[N+]2(Cc3cccc(C(F)(F)F)c3)CC[C@H]1C[C@@H]2[C@@H](O)c1ccnc2ccccc12. The average Bonchev–Trinajstić information content (AvgIpc) is 2.82. The van der Waals surface area contributed by atoms with Crippen molar-refractivity contribution in [1.29, 1.82) is 0 Å². The number of aliphatic hydroxyl groups excluding tert-OH is 1. The van der Waals surface area contributed by atoms with Crippen LogP contribution in [0, 0.1) is 11.8 Å². The van der Waals surface area contributed by atoms with Gasteiger partial charge in [0.15, 0.2) is 0 Å². The number of piperidine rings is 3. The highest BCUT2D eigenvalue weighted by Crippen LogP contribution is 2.48. The van der Waals surface area contributed by atoms with E-state index >= 15 is 0 Å². The molecule has 0 spiro atoms. The molecule has 5 atom stereocenters. The summed E-state index contributed by atoms with van der Waals surface area (Å²) in [5.41, 5.74) is 1.71. The molecule has 4 heterocycles. The number of fused-ring (bicyclic) bond motifs is 4. The van der Waals surface area contributed by atoms with E-state index in [9.17, 15) is 18.3 Å². The summed E-state index contributed by atoms with van der Waals surface area (Å²) < 4.78 is 40.7. The van der Waals surface area contributed by atoms with Crippen LogP contribution in [0.4, 0.5) is 13.2 Å². The van der Waals surface area contributed by atoms with Crippen molar-refractivity contribution in [3.8, 4) is 0 Å². The van der Waals surface area contributed by atoms with Crippen molar-refractivity contribution in [2.24, 2.45) is 11.8 Å². The fraction of sp³-hybridized carbons (Fsp3) is 0.370. The van der Waals surface area contributed by atoms with Gasteiger partial charge in [0.1, 0.15) is 18.7 Å². The normalized spacial score (nSPS) is 28.1. The minimum atomic E-state index is -4.37. The van der Waals surface area contributed by atoms with Crippen molar-refractivity contribution in [2.75, 3.05) is 13.1 Å². The predicted octanol–water partition coefficient (Wildman–Crippen LogP) is 5.90. The number of hydrogen-bond acceptors (Lipinski definition) is 2. The summed E-state index contributed by atoms with van der Waals surface area (Å²) in [5.74, 6) is 0.749. The molecule has 0 saturated carbocycles. The monoisotopic (exact) mass is 453 g/mol. The summed E-state index contributed by atoms with van der Waals surface area (Å²) in [7, 11) is 0. The van der Waals surface area contributed by atoms with Crippen LogP contribution in [0.25, 0.3) is 10.9 Å². The fourth-order valence-corrected chi connectivity index (χ4v) is 6.17. The van der Waals surface area contributed by atoms with Crippen LogP contribution in [0.3, 0.4) is 0 Å². The van der Waals surface area contributed by atoms with Gasteiger partial charge in [-0.25, -0.2) is 0 Å². The molecular weight excluding hydrogens is 425 g/mol. The third-order valence-corrected chi connectivity index (χ3v) is 7.79. The van der Waals surface area contributed by atoms with Crippen LogP contribution < -0.4 is 0 Å². The number of alkyl halides is 3. The Morgan fingerprint density at radius 2 is 1.97 bits per heavy atom. The molecule has 0 aliphatic carbocycles. The molecule has 1 N–H and O–H groups in total. The number of aromatic nitrogens is 1. The van der Waals surface area contributed by atoms with Gasteiger partial charge in [-0.05, 0) is 35.7 Å². The molecule has 1 aromatic heterocycles. The van der Waals surface area contributed by atoms with Gasteiger partial charge in [-0.15, -0.1) is 6.58 Å². The molecule has 0 radical (unpaired) electrons. The number of nitrogens with zero attached hydrogens (tertiary/aromatic N) is 2. The zero-order valence-electron chi connectivity index (χ0n) is 18.4. The summed E-state index contributed by atoms with van der Waals surface area (Å²) in [4.78, 5) is 4.42. The van der Waals surface area contributed by atoms with Gasteiger partial charge in [-0.1, -0.05) is 36.4 Å². The van der Waals surface area contributed by atoms with Gasteiger partial charge in [0.25, 0.3) is 0 Å². The van der Waals surface area contributed by atoms with E-state index in [0.29, 0.717) is 28.4 Å². The number of pyridine rings is 1. The predicted molar refractivity (Wildman–Crippen MR) is 122 cm³/mol. The second-order valence-electron chi connectivity index (χ2n) is 9.59. The summed E-state index contributed by atoms with van der Waals surface area (Å²) in [6.45, 7) is 6.12. The molecule has 3 fully saturated rings. The van der Waals surface area contributed by atoms with Crippen LogP contribution in [-0.4, -0.2) is 33.7 Å². The van der Waals surface area contributed by atoms with Crippen LogP contribution in [0.2, 0.25) is 0 Å². The zero-order valence-corrected chi connectivity index (χ0v) is 18.4. The number of para-hydroxylation sites is 1. The molecule has 0 amide bonds. The molecule has 3 aliphatic heterocycles. The van der Waals surface area contributed by atoms with Crippen LogP contribution in [0.15, 0.2) is 73.4 Å². The number of hydrogen-bond donors (Lipinski definition) is 1. The van der Waals surface area contributed by atoms with E-state index in [0.717, 1.165) is 48.5 Å². The lowest BCUT2D eigenvalue weighted by Gasteiger charge is -2.58. The smallest absolute Gasteiger partial charge is 0.382 e. The van der Waals surface area contributed by atoms with Crippen molar-refractivity contribution in [3.63, 3.8) is 0 Å². The van der Waals surface area contributed by atoms with Gasteiger partial charge in [0.2, 0.25) is 0 Å². The first-order valence-electron chi connectivity index (χ1n) is 11.5. The molecule has 6 heteroatoms. The third kappa shape index (κ3) is 3.96. The Balaban J connectivity index is 1.54. The van der Waals surface area contributed by atoms with Crippen LogP contribution >= 0.6 is 0 Å². The van der Waals surface area contributed by atoms with Gasteiger partial charge in [0.05, 0.1) is 24.2 Å². The van der Waals surface area contributed by atoms with E-state index in [1.807, 2.05) is 36.4 Å². The van der Waals surface area contributed by atoms with E-state index in [-0.39, 0.29) is 6.04 Å². The quantitative estimate of drug-likeness (QED) is 0.386. The maximum absolute atomic E-state index is 13.4. The van der Waals surface area contributed by atoms with Gasteiger partial charge in [0, 0.05) is 35.9 Å². The van der Waals surface area contributed by atoms with E-state index < -0.39 is 17.8 Å². The molecule has 2 bridgehead atoms. The molecule has 6 rings (SSSR count). The van der Waals surface area contributed by atoms with Crippen LogP contribution in [0.5, 0.6) is 0 Å². The van der Waals surface area contributed by atoms with Gasteiger partial charge in [-0.3, -0.25) is 4.98 Å². The summed E-state index contributed by atoms with van der Waals surface area (Å²) >= 11 is 0. The van der Waals surface area contributed by atoms with Crippen LogP contribution in [0.1, 0.15) is 35.6 Å². The standard InChI is InChI=1S/C27H28F3N2O/c1-2-19-17-32(16-18-6-5-7-21(14-18)27(28,29)30)13-11-20(19)15-25(32)26(33)23-10-12-31-24-9-4-3-8-22(23)24/h2-10,12,14,19-20,25-26,33H,1,11,13,15-17H2/q+1/t19-,20-,25+,26-,32?/m0/s1. The highest BCUT2D eigenvalue weighted by atomic mass is 19.4. The van der Waals surface area contributed by atoms with Crippen LogP contribution in [-0.2, 0) is 12.7 Å². The van der Waals surface area contributed by atoms with E-state index in [1.165, 1.54) is 12.1 Å². The number of rotatable bonds is 5. The van der Waals surface area contributed by atoms with Gasteiger partial charge < -0.3 is 9.59 Å². The van der Waals surface area contributed by atoms with E-state index in [2.05, 4.69) is 11.6 Å². The lowest BCUT2D eigenvalue weighted by molar-refractivity contribution is -0.984. The first-order valence-corrected chi connectivity index (χ1v) is 11.5. The van der Waals surface area contributed by atoms with Crippen molar-refractivity contribution >= 4 is 10.9 Å². The third-order valence-electron chi connectivity index (χ3n) is 7.79. The molecule has 172 valence electrons. The van der Waals surface area contributed by atoms with Crippen molar-refractivity contribution in [2.45, 2.75) is 37.7 Å². The lowest BCUT2D eigenvalue weighted by Crippen LogP contribution is -2.67. The van der Waals surface area contributed by atoms with Crippen molar-refractivity contribution in [1.82, 2.24) is 4.98 Å². The number of aliphatic hydroxyl groups is 1. The maximum Gasteiger partial charge on any atom is 0.416 e. The first kappa shape index (κ1) is 22.1. The van der Waals surface area contributed by atoms with Crippen molar-refractivity contribution in [3.05, 3.63) is 90.1 Å². The van der Waals surface area contributed by atoms with E-state index in [1.54, 1.807) is 12.3 Å². The maximum atomic E-state index is 13.4. The summed E-state index contributed by atoms with van der Waals surface area (Å²) in [5, 5.41) is 12.6. The number of halogens is 3. The molecular formula is C27H28F3N2O+. The molecule has 3 aliphatic rings. The molecule has 2 aromatic carbocycles. The Labute approximate surface area is 191 Å². The minimum absolute atomic E-state index is 0.0969. The van der Waals surface area contributed by atoms with E-state index in [4.69, 9.17) is 0 Å². The Morgan fingerprint density at radius 1 is 1.15 bits per heavy atom. The second kappa shape index (κ2) is 8.26. The average molecular weight is 454 g/mol. The molecule has 33 heavy (non-hydrogen) atoms. The molecule has 3 saturated heterocycles. The Hall–Kier alpha value is -2.70. The topological polar surface area (TPSA) is 33.1 Å². The Morgan fingerprint density at radius 3 is 2.76 bits per heavy atom. The fourth-order valence-electron chi connectivity index (χ4n) is 6.17. The highest BCUT2D eigenvalue weighted by molar-refractivity contribution is 5.82. The minimum Gasteiger partial charge on any atom is -0.382 e. The Kier molecular flexibility index (Phi) is 5.53. The molecule has 3 aromatic rings. The highest BCUT2D eigenvalue weighted by Gasteiger charge is 2.54. The lowest BCUT2D eigenvalue weighted by atomic mass is 9.71. The van der Waals surface area contributed by atoms with Gasteiger partial charge >= 0.3 is 6.18 Å². The summed E-state index contributed by atoms with van der Waals surface area (Å²) in [6, 6.07) is 15.2. The van der Waals surface area contributed by atoms with Crippen molar-refractivity contribution < 1.29 is 22.8 Å². The first-order chi connectivity index (χ1) is 15.8.